The Labute approximate surface area is 160 Å². The Morgan fingerprint density at radius 2 is 1.96 bits per heavy atom. The number of carbonyl (C=O) groups is 2. The summed E-state index contributed by atoms with van der Waals surface area (Å²) in [4.78, 5) is 29.3. The summed E-state index contributed by atoms with van der Waals surface area (Å²) in [7, 11) is 0. The molecule has 1 aromatic rings. The maximum absolute atomic E-state index is 12.9. The minimum atomic E-state index is -0.228. The standard InChI is InChI=1S/C21H28N4O2/c1-13-5-7-15(8-6-13)25-17(26)12-22-18(24-25)19(27)23-16-11-14-9-10-21(16,4)20(14,2)3/h5-8,14,16H,9-12H2,1-4H3,(H,22,24)(H,23,27). The van der Waals surface area contributed by atoms with Crippen LogP contribution in [0.1, 0.15) is 45.6 Å². The van der Waals surface area contributed by atoms with E-state index in [1.54, 1.807) is 0 Å². The first-order chi connectivity index (χ1) is 12.7. The topological polar surface area (TPSA) is 73.8 Å². The number of rotatable bonds is 3. The monoisotopic (exact) mass is 368 g/mol. The lowest BCUT2D eigenvalue weighted by molar-refractivity contribution is -0.118. The molecule has 2 bridgehead atoms. The van der Waals surface area contributed by atoms with E-state index in [0.29, 0.717) is 11.6 Å². The Balaban J connectivity index is 1.48. The summed E-state index contributed by atoms with van der Waals surface area (Å²) in [5.41, 5.74) is 5.07. The fourth-order valence-electron chi connectivity index (χ4n) is 5.09. The van der Waals surface area contributed by atoms with Crippen molar-refractivity contribution in [3.63, 3.8) is 0 Å². The molecule has 2 N–H and O–H groups in total. The van der Waals surface area contributed by atoms with E-state index < -0.39 is 0 Å². The van der Waals surface area contributed by atoms with Gasteiger partial charge in [-0.25, -0.2) is 5.01 Å². The number of amides is 2. The van der Waals surface area contributed by atoms with Crippen molar-refractivity contribution in [1.82, 2.24) is 10.7 Å². The second-order valence-electron chi connectivity index (χ2n) is 8.98. The van der Waals surface area contributed by atoms with Crippen molar-refractivity contribution in [2.75, 3.05) is 11.6 Å². The molecule has 0 spiro atoms. The molecule has 1 aromatic carbocycles. The van der Waals surface area contributed by atoms with Gasteiger partial charge in [0.05, 0.1) is 5.69 Å². The van der Waals surface area contributed by atoms with Crippen LogP contribution in [-0.4, -0.2) is 30.2 Å². The van der Waals surface area contributed by atoms with E-state index in [1.165, 1.54) is 11.4 Å². The Bertz CT molecular complexity index is 814. The van der Waals surface area contributed by atoms with Gasteiger partial charge in [-0.3, -0.25) is 20.0 Å². The largest absolute Gasteiger partial charge is 0.346 e. The zero-order chi connectivity index (χ0) is 19.4. The smallest absolute Gasteiger partial charge is 0.288 e. The van der Waals surface area contributed by atoms with E-state index >= 15 is 0 Å². The second kappa shape index (κ2) is 6.08. The van der Waals surface area contributed by atoms with Crippen LogP contribution in [0.3, 0.4) is 0 Å². The van der Waals surface area contributed by atoms with Gasteiger partial charge < -0.3 is 5.32 Å². The van der Waals surface area contributed by atoms with Crippen LogP contribution in [-0.2, 0) is 9.59 Å². The van der Waals surface area contributed by atoms with Crippen LogP contribution in [0, 0.1) is 23.7 Å². The van der Waals surface area contributed by atoms with Crippen LogP contribution < -0.4 is 15.8 Å². The van der Waals surface area contributed by atoms with Crippen molar-refractivity contribution in [2.45, 2.75) is 53.0 Å². The fourth-order valence-corrected chi connectivity index (χ4v) is 5.09. The number of carbonyl (C=O) groups excluding carboxylic acids is 2. The van der Waals surface area contributed by atoms with Gasteiger partial charge in [-0.05, 0) is 55.1 Å². The third-order valence-corrected chi connectivity index (χ3v) is 7.45. The van der Waals surface area contributed by atoms with Gasteiger partial charge >= 0.3 is 0 Å². The van der Waals surface area contributed by atoms with E-state index in [4.69, 9.17) is 0 Å². The highest BCUT2D eigenvalue weighted by Gasteiger charge is 2.61. The Morgan fingerprint density at radius 3 is 2.56 bits per heavy atom. The molecule has 1 heterocycles. The number of aliphatic imine (C=N–C) groups is 1. The minimum Gasteiger partial charge on any atom is -0.346 e. The highest BCUT2D eigenvalue weighted by Crippen LogP contribution is 2.65. The molecule has 4 rings (SSSR count). The number of benzene rings is 1. The van der Waals surface area contributed by atoms with Gasteiger partial charge in [-0.2, -0.15) is 0 Å². The first-order valence-corrected chi connectivity index (χ1v) is 9.74. The zero-order valence-electron chi connectivity index (χ0n) is 16.5. The highest BCUT2D eigenvalue weighted by atomic mass is 16.2. The Hall–Kier alpha value is -2.37. The van der Waals surface area contributed by atoms with Crippen LogP contribution in [0.2, 0.25) is 0 Å². The lowest BCUT2D eigenvalue weighted by atomic mass is 9.69. The van der Waals surface area contributed by atoms with Gasteiger partial charge in [-0.1, -0.05) is 38.5 Å². The first-order valence-electron chi connectivity index (χ1n) is 9.74. The van der Waals surface area contributed by atoms with E-state index in [-0.39, 0.29) is 41.1 Å². The molecule has 2 amide bonds. The molecular formula is C21H28N4O2. The molecule has 0 aromatic heterocycles. The molecule has 2 aliphatic carbocycles. The molecule has 0 radical (unpaired) electrons. The number of hydrogen-bond acceptors (Lipinski definition) is 4. The summed E-state index contributed by atoms with van der Waals surface area (Å²) < 4.78 is 0. The molecule has 2 fully saturated rings. The third-order valence-electron chi connectivity index (χ3n) is 7.45. The molecule has 6 heteroatoms. The van der Waals surface area contributed by atoms with Crippen LogP contribution in [0.4, 0.5) is 5.69 Å². The van der Waals surface area contributed by atoms with E-state index in [2.05, 4.69) is 36.5 Å². The summed E-state index contributed by atoms with van der Waals surface area (Å²) in [6.45, 7) is 8.91. The number of amidine groups is 1. The maximum atomic E-state index is 12.9. The summed E-state index contributed by atoms with van der Waals surface area (Å²) in [5, 5.41) is 4.61. The van der Waals surface area contributed by atoms with Crippen LogP contribution in [0.15, 0.2) is 29.3 Å². The number of aryl methyl sites for hydroxylation is 1. The van der Waals surface area contributed by atoms with E-state index in [1.807, 2.05) is 31.2 Å². The van der Waals surface area contributed by atoms with Crippen molar-refractivity contribution in [2.24, 2.45) is 21.7 Å². The van der Waals surface area contributed by atoms with Gasteiger partial charge in [0.2, 0.25) is 5.84 Å². The molecule has 6 nitrogen and oxygen atoms in total. The van der Waals surface area contributed by atoms with Gasteiger partial charge in [-0.15, -0.1) is 0 Å². The fraction of sp³-hybridized carbons (Fsp3) is 0.571. The summed E-state index contributed by atoms with van der Waals surface area (Å²) >= 11 is 0. The van der Waals surface area contributed by atoms with Crippen LogP contribution in [0.25, 0.3) is 0 Å². The number of nitrogens with one attached hydrogen (secondary N) is 2. The van der Waals surface area contributed by atoms with Gasteiger partial charge in [0.15, 0.2) is 0 Å². The molecule has 3 unspecified atom stereocenters. The first kappa shape index (κ1) is 18.0. The molecule has 0 saturated heterocycles. The van der Waals surface area contributed by atoms with Gasteiger partial charge in [0.1, 0.15) is 6.54 Å². The highest BCUT2D eigenvalue weighted by molar-refractivity contribution is 6.39. The normalized spacial score (nSPS) is 31.5. The Kier molecular flexibility index (Phi) is 4.05. The summed E-state index contributed by atoms with van der Waals surface area (Å²) in [6, 6.07) is 7.75. The predicted molar refractivity (Wildman–Crippen MR) is 105 cm³/mol. The van der Waals surface area contributed by atoms with Gasteiger partial charge in [0.25, 0.3) is 11.8 Å². The van der Waals surface area contributed by atoms with E-state index in [0.717, 1.165) is 18.4 Å². The molecule has 3 atom stereocenters. The number of fused-ring (bicyclic) bond motifs is 2. The van der Waals surface area contributed by atoms with Crippen molar-refractivity contribution < 1.29 is 9.59 Å². The quantitative estimate of drug-likeness (QED) is 0.861. The van der Waals surface area contributed by atoms with Crippen molar-refractivity contribution in [3.05, 3.63) is 29.8 Å². The lowest BCUT2D eigenvalue weighted by Crippen LogP contribution is -2.58. The zero-order valence-corrected chi connectivity index (χ0v) is 16.5. The average molecular weight is 368 g/mol. The summed E-state index contributed by atoms with van der Waals surface area (Å²) in [5.74, 6) is 0.455. The van der Waals surface area contributed by atoms with Crippen molar-refractivity contribution >= 4 is 23.3 Å². The lowest BCUT2D eigenvalue weighted by Gasteiger charge is -2.39. The molecule has 27 heavy (non-hydrogen) atoms. The van der Waals surface area contributed by atoms with Crippen molar-refractivity contribution in [1.29, 1.82) is 0 Å². The number of anilines is 1. The predicted octanol–water partition coefficient (Wildman–Crippen LogP) is 2.58. The molecule has 1 aliphatic heterocycles. The molecule has 144 valence electrons. The average Bonchev–Trinajstić information content (AvgIpc) is 2.96. The number of hydrazine groups is 1. The van der Waals surface area contributed by atoms with Crippen LogP contribution >= 0.6 is 0 Å². The Morgan fingerprint density at radius 1 is 1.26 bits per heavy atom. The SMILES string of the molecule is Cc1ccc(N2NC(C(=O)NC3CC4CCC3(C)C4(C)C)=NCC2=O)cc1. The maximum Gasteiger partial charge on any atom is 0.288 e. The van der Waals surface area contributed by atoms with Crippen LogP contribution in [0.5, 0.6) is 0 Å². The van der Waals surface area contributed by atoms with E-state index in [9.17, 15) is 9.59 Å². The third kappa shape index (κ3) is 2.73. The number of nitrogens with zero attached hydrogens (tertiary/aromatic N) is 2. The minimum absolute atomic E-state index is 0.0281. The molecular weight excluding hydrogens is 340 g/mol. The number of hydrogen-bond donors (Lipinski definition) is 2. The molecule has 2 saturated carbocycles. The molecule has 3 aliphatic rings. The second-order valence-corrected chi connectivity index (χ2v) is 8.98. The van der Waals surface area contributed by atoms with Gasteiger partial charge in [0, 0.05) is 6.04 Å². The summed E-state index contributed by atoms with van der Waals surface area (Å²) in [6.07, 6.45) is 3.40. The van der Waals surface area contributed by atoms with Crippen molar-refractivity contribution in [3.8, 4) is 0 Å².